The third-order valence-corrected chi connectivity index (χ3v) is 2.19. The van der Waals surface area contributed by atoms with E-state index in [0.29, 0.717) is 6.04 Å². The van der Waals surface area contributed by atoms with Crippen LogP contribution in [0.15, 0.2) is 0 Å². The number of ether oxygens (including phenoxy) is 1. The molecule has 0 bridgehead atoms. The highest BCUT2D eigenvalue weighted by Crippen LogP contribution is 2.14. The molecular formula is C10H20N2O2. The summed E-state index contributed by atoms with van der Waals surface area (Å²) in [5.74, 6) is 0. The standard InChI is InChI=1S/C10H20N2O2/c1-8-6-5-7-12(8)11-9(13)14-10(2,3)4/h8H,5-7H2,1-4H3,(H,11,13). The summed E-state index contributed by atoms with van der Waals surface area (Å²) in [5, 5.41) is 1.94. The van der Waals surface area contributed by atoms with E-state index in [-0.39, 0.29) is 6.09 Å². The molecule has 82 valence electrons. The minimum absolute atomic E-state index is 0.355. The Balaban J connectivity index is 2.33. The minimum Gasteiger partial charge on any atom is -0.443 e. The molecule has 1 amide bonds. The average Bonchev–Trinajstić information content (AvgIpc) is 2.32. The third-order valence-electron chi connectivity index (χ3n) is 2.19. The average molecular weight is 200 g/mol. The van der Waals surface area contributed by atoms with E-state index >= 15 is 0 Å². The summed E-state index contributed by atoms with van der Waals surface area (Å²) < 4.78 is 5.16. The molecule has 1 unspecified atom stereocenters. The zero-order valence-corrected chi connectivity index (χ0v) is 9.46. The molecule has 1 saturated heterocycles. The van der Waals surface area contributed by atoms with Gasteiger partial charge in [-0.1, -0.05) is 0 Å². The fourth-order valence-corrected chi connectivity index (χ4v) is 1.52. The van der Waals surface area contributed by atoms with Crippen LogP contribution in [0.3, 0.4) is 0 Å². The van der Waals surface area contributed by atoms with Crippen molar-refractivity contribution in [2.45, 2.75) is 52.2 Å². The van der Waals surface area contributed by atoms with Crippen molar-refractivity contribution >= 4 is 6.09 Å². The molecule has 0 aromatic carbocycles. The van der Waals surface area contributed by atoms with Crippen LogP contribution in [0.4, 0.5) is 4.79 Å². The van der Waals surface area contributed by atoms with Crippen LogP contribution in [0.2, 0.25) is 0 Å². The molecule has 0 aromatic heterocycles. The van der Waals surface area contributed by atoms with Gasteiger partial charge in [-0.05, 0) is 40.5 Å². The first-order valence-corrected chi connectivity index (χ1v) is 5.15. The quantitative estimate of drug-likeness (QED) is 0.703. The SMILES string of the molecule is CC1CCCN1NC(=O)OC(C)(C)C. The maximum absolute atomic E-state index is 11.4. The second-order valence-corrected chi connectivity index (χ2v) is 4.80. The monoisotopic (exact) mass is 200 g/mol. The highest BCUT2D eigenvalue weighted by Gasteiger charge is 2.24. The van der Waals surface area contributed by atoms with Gasteiger partial charge in [-0.3, -0.25) is 5.43 Å². The number of rotatable bonds is 1. The van der Waals surface area contributed by atoms with Gasteiger partial charge >= 0.3 is 6.09 Å². The van der Waals surface area contributed by atoms with E-state index < -0.39 is 5.60 Å². The number of hydrazine groups is 1. The molecule has 0 aromatic rings. The van der Waals surface area contributed by atoms with Crippen LogP contribution < -0.4 is 5.43 Å². The predicted octanol–water partition coefficient (Wildman–Crippen LogP) is 1.91. The summed E-state index contributed by atoms with van der Waals surface area (Å²) in [6.45, 7) is 8.60. The predicted molar refractivity (Wildman–Crippen MR) is 54.8 cm³/mol. The molecule has 1 atom stereocenters. The van der Waals surface area contributed by atoms with E-state index in [1.165, 1.54) is 0 Å². The molecule has 4 nitrogen and oxygen atoms in total. The largest absolute Gasteiger partial charge is 0.443 e. The van der Waals surface area contributed by atoms with Crippen LogP contribution in [0.1, 0.15) is 40.5 Å². The molecule has 0 radical (unpaired) electrons. The van der Waals surface area contributed by atoms with Crippen molar-refractivity contribution in [1.29, 1.82) is 0 Å². The van der Waals surface area contributed by atoms with Gasteiger partial charge in [0.1, 0.15) is 5.60 Å². The van der Waals surface area contributed by atoms with E-state index in [2.05, 4.69) is 12.3 Å². The summed E-state index contributed by atoms with van der Waals surface area (Å²) in [7, 11) is 0. The van der Waals surface area contributed by atoms with Gasteiger partial charge in [0.2, 0.25) is 0 Å². The second kappa shape index (κ2) is 4.17. The van der Waals surface area contributed by atoms with Crippen molar-refractivity contribution in [3.8, 4) is 0 Å². The van der Waals surface area contributed by atoms with Crippen molar-refractivity contribution < 1.29 is 9.53 Å². The van der Waals surface area contributed by atoms with Crippen molar-refractivity contribution in [1.82, 2.24) is 10.4 Å². The van der Waals surface area contributed by atoms with Crippen LogP contribution in [0.25, 0.3) is 0 Å². The zero-order chi connectivity index (χ0) is 10.8. The van der Waals surface area contributed by atoms with Gasteiger partial charge in [0, 0.05) is 12.6 Å². The zero-order valence-electron chi connectivity index (χ0n) is 9.46. The van der Waals surface area contributed by atoms with Crippen molar-refractivity contribution in [2.75, 3.05) is 6.54 Å². The minimum atomic E-state index is -0.424. The first-order chi connectivity index (χ1) is 6.38. The molecule has 1 N–H and O–H groups in total. The van der Waals surface area contributed by atoms with Gasteiger partial charge in [-0.25, -0.2) is 9.80 Å². The Morgan fingerprint density at radius 3 is 2.57 bits per heavy atom. The lowest BCUT2D eigenvalue weighted by Crippen LogP contribution is -2.46. The summed E-state index contributed by atoms with van der Waals surface area (Å²) in [5.41, 5.74) is 2.33. The summed E-state index contributed by atoms with van der Waals surface area (Å²) in [6.07, 6.45) is 1.92. The number of nitrogens with zero attached hydrogens (tertiary/aromatic N) is 1. The molecule has 0 saturated carbocycles. The Kier molecular flexibility index (Phi) is 3.37. The van der Waals surface area contributed by atoms with E-state index in [4.69, 9.17) is 4.74 Å². The van der Waals surface area contributed by atoms with Gasteiger partial charge in [0.25, 0.3) is 0 Å². The van der Waals surface area contributed by atoms with E-state index in [1.807, 2.05) is 25.8 Å². The number of hydrogen-bond acceptors (Lipinski definition) is 3. The number of hydrogen-bond donors (Lipinski definition) is 1. The van der Waals surface area contributed by atoms with Gasteiger partial charge in [0.15, 0.2) is 0 Å². The lowest BCUT2D eigenvalue weighted by Gasteiger charge is -2.25. The van der Waals surface area contributed by atoms with Crippen molar-refractivity contribution in [3.63, 3.8) is 0 Å². The third kappa shape index (κ3) is 3.54. The smallest absolute Gasteiger partial charge is 0.422 e. The van der Waals surface area contributed by atoms with Crippen LogP contribution in [0, 0.1) is 0 Å². The first kappa shape index (κ1) is 11.3. The van der Waals surface area contributed by atoms with Crippen molar-refractivity contribution in [3.05, 3.63) is 0 Å². The van der Waals surface area contributed by atoms with Crippen LogP contribution in [-0.2, 0) is 4.74 Å². The normalized spacial score (nSPS) is 23.6. The maximum atomic E-state index is 11.4. The fraction of sp³-hybridized carbons (Fsp3) is 0.900. The summed E-state index contributed by atoms with van der Waals surface area (Å²) >= 11 is 0. The van der Waals surface area contributed by atoms with E-state index in [9.17, 15) is 4.79 Å². The molecule has 1 heterocycles. The number of nitrogens with one attached hydrogen (secondary N) is 1. The molecule has 0 aliphatic carbocycles. The lowest BCUT2D eigenvalue weighted by atomic mass is 10.2. The van der Waals surface area contributed by atoms with E-state index in [1.54, 1.807) is 0 Å². The number of amides is 1. The lowest BCUT2D eigenvalue weighted by molar-refractivity contribution is 0.0318. The van der Waals surface area contributed by atoms with Gasteiger partial charge in [-0.15, -0.1) is 0 Å². The highest BCUT2D eigenvalue weighted by atomic mass is 16.6. The summed E-state index contributed by atoms with van der Waals surface area (Å²) in [4.78, 5) is 11.4. The Morgan fingerprint density at radius 1 is 1.50 bits per heavy atom. The van der Waals surface area contributed by atoms with E-state index in [0.717, 1.165) is 19.4 Å². The molecule has 14 heavy (non-hydrogen) atoms. The first-order valence-electron chi connectivity index (χ1n) is 5.15. The topological polar surface area (TPSA) is 41.6 Å². The Hall–Kier alpha value is -0.770. The number of carbonyl (C=O) groups is 1. The molecule has 4 heteroatoms. The Morgan fingerprint density at radius 2 is 2.14 bits per heavy atom. The van der Waals surface area contributed by atoms with Crippen LogP contribution in [-0.4, -0.2) is 29.3 Å². The molecule has 1 fully saturated rings. The maximum Gasteiger partial charge on any atom is 0.422 e. The van der Waals surface area contributed by atoms with Gasteiger partial charge in [-0.2, -0.15) is 0 Å². The molecule has 1 aliphatic heterocycles. The summed E-state index contributed by atoms with van der Waals surface area (Å²) in [6, 6.07) is 0.419. The fourth-order valence-electron chi connectivity index (χ4n) is 1.52. The second-order valence-electron chi connectivity index (χ2n) is 4.80. The molecule has 1 rings (SSSR count). The van der Waals surface area contributed by atoms with Crippen LogP contribution >= 0.6 is 0 Å². The number of carbonyl (C=O) groups excluding carboxylic acids is 1. The highest BCUT2D eigenvalue weighted by molar-refractivity contribution is 5.67. The van der Waals surface area contributed by atoms with Gasteiger partial charge < -0.3 is 4.74 Å². The molecule has 0 spiro atoms. The molecule has 1 aliphatic rings. The van der Waals surface area contributed by atoms with Crippen molar-refractivity contribution in [2.24, 2.45) is 0 Å². The Labute approximate surface area is 85.6 Å². The molecular weight excluding hydrogens is 180 g/mol. The van der Waals surface area contributed by atoms with Gasteiger partial charge in [0.05, 0.1) is 0 Å². The van der Waals surface area contributed by atoms with Crippen LogP contribution in [0.5, 0.6) is 0 Å². The Bertz CT molecular complexity index is 211.